The van der Waals surface area contributed by atoms with Gasteiger partial charge in [-0.2, -0.15) is 0 Å². The molecule has 0 bridgehead atoms. The molecule has 0 fully saturated rings. The zero-order valence-corrected chi connectivity index (χ0v) is 27.1. The van der Waals surface area contributed by atoms with Crippen molar-refractivity contribution in [2.24, 2.45) is 4.99 Å². The van der Waals surface area contributed by atoms with Gasteiger partial charge in [-0.3, -0.25) is 4.99 Å². The Morgan fingerprint density at radius 3 is 2.02 bits per heavy atom. The first kappa shape index (κ1) is 28.4. The van der Waals surface area contributed by atoms with E-state index in [2.05, 4.69) is 162 Å². The van der Waals surface area contributed by atoms with E-state index in [0.717, 1.165) is 55.7 Å². The summed E-state index contributed by atoms with van der Waals surface area (Å²) in [6.45, 7) is 0. The van der Waals surface area contributed by atoms with Crippen LogP contribution in [0.3, 0.4) is 0 Å². The number of hydrogen-bond donors (Lipinski definition) is 1. The second-order valence-electron chi connectivity index (χ2n) is 12.8. The average molecular weight is 642 g/mol. The zero-order chi connectivity index (χ0) is 33.0. The number of para-hydroxylation sites is 2. The highest BCUT2D eigenvalue weighted by Gasteiger charge is 2.21. The Labute approximate surface area is 289 Å². The fraction of sp³-hybridized carbons (Fsp3) is 0.0217. The number of allylic oxidation sites excluding steroid dienone is 1. The quantitative estimate of drug-likeness (QED) is 0.203. The molecule has 1 N–H and O–H groups in total. The summed E-state index contributed by atoms with van der Waals surface area (Å²) in [4.78, 5) is 5.18. The molecular formula is C46H31N3O. The Hall–Kier alpha value is -6.65. The lowest BCUT2D eigenvalue weighted by molar-refractivity contribution is 0.664. The predicted octanol–water partition coefficient (Wildman–Crippen LogP) is 11.5. The Morgan fingerprint density at radius 2 is 1.20 bits per heavy atom. The highest BCUT2D eigenvalue weighted by atomic mass is 16.3. The summed E-state index contributed by atoms with van der Waals surface area (Å²) < 4.78 is 8.54. The van der Waals surface area contributed by atoms with Crippen molar-refractivity contribution >= 4 is 55.2 Å². The van der Waals surface area contributed by atoms with E-state index in [1.807, 2.05) is 24.3 Å². The molecule has 236 valence electrons. The smallest absolute Gasteiger partial charge is 0.145 e. The number of rotatable bonds is 5. The van der Waals surface area contributed by atoms with Crippen LogP contribution in [0.4, 0.5) is 0 Å². The lowest BCUT2D eigenvalue weighted by atomic mass is 9.97. The standard InChI is InChI=1S/C46H31N3O/c1-3-12-31(13-4-1)39-29-40(32-14-5-2-6-15-32)48-46(47-39)33-24-22-30(23-25-33)35-18-11-20-42-45(35)37-17-7-9-19-41(37)49(42)34-26-27-44-38(28-34)36-16-8-10-21-43(36)50-44/h1-29,46-47H. The van der Waals surface area contributed by atoms with Crippen LogP contribution in [0.2, 0.25) is 0 Å². The van der Waals surface area contributed by atoms with Crippen molar-refractivity contribution in [3.63, 3.8) is 0 Å². The van der Waals surface area contributed by atoms with Crippen LogP contribution in [0.5, 0.6) is 0 Å². The zero-order valence-electron chi connectivity index (χ0n) is 27.1. The van der Waals surface area contributed by atoms with E-state index in [1.54, 1.807) is 0 Å². The monoisotopic (exact) mass is 641 g/mol. The van der Waals surface area contributed by atoms with Crippen molar-refractivity contribution in [1.82, 2.24) is 9.88 Å². The maximum Gasteiger partial charge on any atom is 0.145 e. The maximum atomic E-state index is 6.16. The number of hydrogen-bond acceptors (Lipinski definition) is 3. The van der Waals surface area contributed by atoms with Crippen molar-refractivity contribution in [3.8, 4) is 16.8 Å². The fourth-order valence-corrected chi connectivity index (χ4v) is 7.48. The minimum Gasteiger partial charge on any atom is -0.456 e. The molecule has 50 heavy (non-hydrogen) atoms. The molecule has 4 heteroatoms. The van der Waals surface area contributed by atoms with Crippen molar-refractivity contribution in [1.29, 1.82) is 0 Å². The molecule has 0 aliphatic carbocycles. The van der Waals surface area contributed by atoms with Gasteiger partial charge in [0.2, 0.25) is 0 Å². The maximum absolute atomic E-state index is 6.16. The van der Waals surface area contributed by atoms with Gasteiger partial charge in [0.15, 0.2) is 0 Å². The number of nitrogens with zero attached hydrogens (tertiary/aromatic N) is 2. The van der Waals surface area contributed by atoms with Crippen LogP contribution < -0.4 is 5.32 Å². The van der Waals surface area contributed by atoms with Crippen molar-refractivity contribution in [2.45, 2.75) is 6.17 Å². The van der Waals surface area contributed by atoms with Gasteiger partial charge in [0, 0.05) is 32.9 Å². The Morgan fingerprint density at radius 1 is 0.520 bits per heavy atom. The van der Waals surface area contributed by atoms with E-state index >= 15 is 0 Å². The topological polar surface area (TPSA) is 42.5 Å². The molecule has 2 aromatic heterocycles. The van der Waals surface area contributed by atoms with E-state index in [4.69, 9.17) is 9.41 Å². The summed E-state index contributed by atoms with van der Waals surface area (Å²) in [6.07, 6.45) is 1.93. The minimum atomic E-state index is -0.217. The molecule has 0 saturated heterocycles. The normalized spacial score (nSPS) is 14.6. The molecule has 0 radical (unpaired) electrons. The van der Waals surface area contributed by atoms with Gasteiger partial charge in [-0.05, 0) is 70.3 Å². The number of fused-ring (bicyclic) bond motifs is 6. The van der Waals surface area contributed by atoms with Crippen LogP contribution >= 0.6 is 0 Å². The van der Waals surface area contributed by atoms with Crippen LogP contribution in [-0.2, 0) is 0 Å². The molecule has 3 heterocycles. The largest absolute Gasteiger partial charge is 0.456 e. The second kappa shape index (κ2) is 11.5. The highest BCUT2D eigenvalue weighted by molar-refractivity contribution is 6.16. The average Bonchev–Trinajstić information content (AvgIpc) is 3.74. The van der Waals surface area contributed by atoms with E-state index in [1.165, 1.54) is 32.9 Å². The summed E-state index contributed by atoms with van der Waals surface area (Å²) in [6, 6.07) is 59.9. The third-order valence-electron chi connectivity index (χ3n) is 9.85. The Bertz CT molecular complexity index is 2770. The molecule has 1 aliphatic rings. The van der Waals surface area contributed by atoms with Gasteiger partial charge in [0.1, 0.15) is 17.3 Å². The van der Waals surface area contributed by atoms with Gasteiger partial charge in [-0.1, -0.05) is 133 Å². The molecule has 4 nitrogen and oxygen atoms in total. The van der Waals surface area contributed by atoms with Gasteiger partial charge in [-0.25, -0.2) is 0 Å². The third kappa shape index (κ3) is 4.65. The van der Waals surface area contributed by atoms with Crippen LogP contribution in [0, 0.1) is 0 Å². The summed E-state index contributed by atoms with van der Waals surface area (Å²) in [5.41, 5.74) is 13.0. The van der Waals surface area contributed by atoms with E-state index in [-0.39, 0.29) is 6.17 Å². The second-order valence-corrected chi connectivity index (χ2v) is 12.8. The molecule has 7 aromatic carbocycles. The SMILES string of the molecule is C1=C(c2ccccc2)NC(c2ccc(-c3cccc4c3c3ccccc3n4-c3ccc4oc5ccccc5c4c3)cc2)N=C1c1ccccc1. The van der Waals surface area contributed by atoms with Crippen molar-refractivity contribution < 1.29 is 4.42 Å². The molecule has 0 spiro atoms. The first-order chi connectivity index (χ1) is 24.8. The molecular weight excluding hydrogens is 611 g/mol. The van der Waals surface area contributed by atoms with Crippen LogP contribution in [0.1, 0.15) is 22.9 Å². The minimum absolute atomic E-state index is 0.217. The number of furan rings is 1. The van der Waals surface area contributed by atoms with Gasteiger partial charge in [0.25, 0.3) is 0 Å². The highest BCUT2D eigenvalue weighted by Crippen LogP contribution is 2.40. The lowest BCUT2D eigenvalue weighted by Gasteiger charge is -2.25. The van der Waals surface area contributed by atoms with Gasteiger partial charge < -0.3 is 14.3 Å². The molecule has 9 aromatic rings. The molecule has 1 unspecified atom stereocenters. The predicted molar refractivity (Wildman–Crippen MR) is 207 cm³/mol. The molecule has 1 atom stereocenters. The van der Waals surface area contributed by atoms with Gasteiger partial charge in [-0.15, -0.1) is 0 Å². The summed E-state index contributed by atoms with van der Waals surface area (Å²) in [5, 5.41) is 8.42. The summed E-state index contributed by atoms with van der Waals surface area (Å²) >= 11 is 0. The Kier molecular flexibility index (Phi) is 6.53. The van der Waals surface area contributed by atoms with Crippen LogP contribution in [-0.4, -0.2) is 10.3 Å². The lowest BCUT2D eigenvalue weighted by Crippen LogP contribution is -2.24. The number of aliphatic imine (C=N–C) groups is 1. The van der Waals surface area contributed by atoms with Crippen molar-refractivity contribution in [3.05, 3.63) is 193 Å². The molecule has 0 saturated carbocycles. The first-order valence-electron chi connectivity index (χ1n) is 17.0. The van der Waals surface area contributed by atoms with E-state index in [9.17, 15) is 0 Å². The van der Waals surface area contributed by atoms with Crippen LogP contribution in [0.25, 0.3) is 66.3 Å². The number of aromatic nitrogens is 1. The van der Waals surface area contributed by atoms with Gasteiger partial charge in [0.05, 0.1) is 16.7 Å². The number of benzene rings is 7. The van der Waals surface area contributed by atoms with E-state index < -0.39 is 0 Å². The van der Waals surface area contributed by atoms with Gasteiger partial charge >= 0.3 is 0 Å². The van der Waals surface area contributed by atoms with Crippen molar-refractivity contribution in [2.75, 3.05) is 0 Å². The van der Waals surface area contributed by atoms with Crippen LogP contribution in [0.15, 0.2) is 185 Å². The molecule has 1 aliphatic heterocycles. The summed E-state index contributed by atoms with van der Waals surface area (Å²) in [7, 11) is 0. The van der Waals surface area contributed by atoms with E-state index in [0.29, 0.717) is 0 Å². The third-order valence-corrected chi connectivity index (χ3v) is 9.85. The fourth-order valence-electron chi connectivity index (χ4n) is 7.48. The first-order valence-corrected chi connectivity index (χ1v) is 17.0. The number of nitrogens with one attached hydrogen (secondary N) is 1. The Balaban J connectivity index is 1.07. The molecule has 10 rings (SSSR count). The summed E-state index contributed by atoms with van der Waals surface area (Å²) in [5.74, 6) is 0. The molecule has 0 amide bonds.